The third-order valence-electron chi connectivity index (χ3n) is 7.67. The van der Waals surface area contributed by atoms with E-state index in [1.54, 1.807) is 24.3 Å². The van der Waals surface area contributed by atoms with Gasteiger partial charge in [-0.05, 0) is 24.3 Å². The molecule has 2 N–H and O–H groups in total. The fraction of sp³-hybridized carbons (Fsp3) is 0. The largest absolute Gasteiger partial charge is 0.337 e. The van der Waals surface area contributed by atoms with Gasteiger partial charge in [-0.25, -0.2) is 9.97 Å². The number of hydrogen-bond acceptors (Lipinski definition) is 6. The fourth-order valence-electron chi connectivity index (χ4n) is 5.33. The second-order valence-electron chi connectivity index (χ2n) is 10.5. The first-order chi connectivity index (χ1) is 22.4. The summed E-state index contributed by atoms with van der Waals surface area (Å²) in [5.41, 5.74) is 7.92. The maximum absolute atomic E-state index is 11.3. The first kappa shape index (κ1) is 28.1. The zero-order chi connectivity index (χ0) is 31.6. The molecule has 46 heavy (non-hydrogen) atoms. The Balaban J connectivity index is 1.31. The minimum absolute atomic E-state index is 0.00623. The van der Waals surface area contributed by atoms with Gasteiger partial charge < -0.3 is 9.97 Å². The highest BCUT2D eigenvalue weighted by Crippen LogP contribution is 2.37. The van der Waals surface area contributed by atoms with Crippen LogP contribution in [0.1, 0.15) is 0 Å². The first-order valence-corrected chi connectivity index (χ1v) is 14.4. The van der Waals surface area contributed by atoms with E-state index >= 15 is 0 Å². The van der Waals surface area contributed by atoms with Crippen molar-refractivity contribution < 1.29 is 9.85 Å². The molecule has 7 aromatic rings. The van der Waals surface area contributed by atoms with Gasteiger partial charge in [-0.15, -0.1) is 0 Å². The van der Waals surface area contributed by atoms with E-state index in [1.165, 1.54) is 24.3 Å². The molecule has 0 aliphatic carbocycles. The van der Waals surface area contributed by atoms with Gasteiger partial charge in [0.15, 0.2) is 0 Å². The zero-order valence-corrected chi connectivity index (χ0v) is 24.1. The van der Waals surface area contributed by atoms with Crippen molar-refractivity contribution in [2.45, 2.75) is 0 Å². The summed E-state index contributed by atoms with van der Waals surface area (Å²) in [6.07, 6.45) is 0. The number of aromatic nitrogens is 4. The summed E-state index contributed by atoms with van der Waals surface area (Å²) >= 11 is 0. The van der Waals surface area contributed by atoms with Gasteiger partial charge in [-0.3, -0.25) is 20.2 Å². The summed E-state index contributed by atoms with van der Waals surface area (Å²) in [4.78, 5) is 38.4. The number of hydrogen-bond donors (Lipinski definition) is 2. The molecule has 0 saturated carbocycles. The van der Waals surface area contributed by atoms with Crippen LogP contribution in [0.2, 0.25) is 0 Å². The Labute approximate surface area is 262 Å². The topological polar surface area (TPSA) is 144 Å². The van der Waals surface area contributed by atoms with Crippen molar-refractivity contribution in [3.05, 3.63) is 154 Å². The number of benzene rings is 5. The summed E-state index contributed by atoms with van der Waals surface area (Å²) in [6, 6.07) is 40.1. The number of rotatable bonds is 8. The Morgan fingerprint density at radius 1 is 0.413 bits per heavy atom. The molecule has 0 saturated heterocycles. The van der Waals surface area contributed by atoms with Crippen LogP contribution >= 0.6 is 0 Å². The lowest BCUT2D eigenvalue weighted by atomic mass is 10.0. The maximum atomic E-state index is 11.3. The SMILES string of the molecule is O=[N+]([O-])c1ccc(-c2nc(-c3ccccc3)[nH]c2-c2ccc(-c3[nH]c(-c4ccccc4)nc3-c3ccc([N+](=O)[O-])cc3)cc2)cc1. The standard InChI is InChI=1S/C36H24N6O4/c43-41(44)29-19-15-25(16-20-29)33-31(37-35(39-33)27-7-3-1-4-8-27)23-11-13-24(14-12-23)32-34(26-17-21-30(22-18-26)42(45)46)40-36(38-32)28-9-5-2-6-10-28/h1-22H,(H,37,39)(H,38,40). The third-order valence-corrected chi connectivity index (χ3v) is 7.67. The molecule has 0 unspecified atom stereocenters. The van der Waals surface area contributed by atoms with Crippen molar-refractivity contribution in [2.75, 3.05) is 0 Å². The van der Waals surface area contributed by atoms with Crippen molar-refractivity contribution in [2.24, 2.45) is 0 Å². The molecule has 0 aliphatic heterocycles. The van der Waals surface area contributed by atoms with Gasteiger partial charge in [0.2, 0.25) is 0 Å². The minimum atomic E-state index is -0.424. The molecular formula is C36H24N6O4. The molecule has 10 nitrogen and oxygen atoms in total. The Morgan fingerprint density at radius 3 is 1.07 bits per heavy atom. The van der Waals surface area contributed by atoms with Gasteiger partial charge in [0.1, 0.15) is 11.6 Å². The fourth-order valence-corrected chi connectivity index (χ4v) is 5.33. The maximum Gasteiger partial charge on any atom is 0.269 e. The number of nitrogens with zero attached hydrogens (tertiary/aromatic N) is 4. The molecule has 222 valence electrons. The molecule has 0 aliphatic rings. The van der Waals surface area contributed by atoms with Crippen molar-refractivity contribution in [1.29, 1.82) is 0 Å². The molecule has 0 fully saturated rings. The summed E-state index contributed by atoms with van der Waals surface area (Å²) < 4.78 is 0. The monoisotopic (exact) mass is 604 g/mol. The van der Waals surface area contributed by atoms with Crippen LogP contribution in [0.5, 0.6) is 0 Å². The number of imidazole rings is 2. The molecule has 10 heteroatoms. The Morgan fingerprint density at radius 2 is 0.739 bits per heavy atom. The van der Waals surface area contributed by atoms with Gasteiger partial charge in [0.05, 0.1) is 32.6 Å². The molecule has 7 rings (SSSR count). The van der Waals surface area contributed by atoms with E-state index in [-0.39, 0.29) is 11.4 Å². The van der Waals surface area contributed by atoms with E-state index in [2.05, 4.69) is 9.97 Å². The van der Waals surface area contributed by atoms with E-state index in [1.807, 2.05) is 84.9 Å². The molecule has 0 spiro atoms. The van der Waals surface area contributed by atoms with Crippen LogP contribution in [0.3, 0.4) is 0 Å². The number of H-pyrrole nitrogens is 2. The molecule has 0 bridgehead atoms. The molecule has 0 radical (unpaired) electrons. The smallest absolute Gasteiger partial charge is 0.269 e. The number of non-ortho nitro benzene ring substituents is 2. The van der Waals surface area contributed by atoms with E-state index < -0.39 is 9.85 Å². The Bertz CT molecular complexity index is 2010. The Hall–Kier alpha value is -6.68. The van der Waals surface area contributed by atoms with Gasteiger partial charge in [-0.2, -0.15) is 0 Å². The van der Waals surface area contributed by atoms with Gasteiger partial charge in [-0.1, -0.05) is 84.9 Å². The molecular weight excluding hydrogens is 580 g/mol. The van der Waals surface area contributed by atoms with E-state index in [0.717, 1.165) is 44.8 Å². The number of nitrogens with one attached hydrogen (secondary N) is 2. The lowest BCUT2D eigenvalue weighted by Crippen LogP contribution is -1.89. The van der Waals surface area contributed by atoms with Crippen LogP contribution in [-0.4, -0.2) is 29.8 Å². The highest BCUT2D eigenvalue weighted by Gasteiger charge is 2.19. The highest BCUT2D eigenvalue weighted by atomic mass is 16.6. The average molecular weight is 605 g/mol. The van der Waals surface area contributed by atoms with E-state index in [4.69, 9.17) is 9.97 Å². The van der Waals surface area contributed by atoms with E-state index in [9.17, 15) is 20.2 Å². The Kier molecular flexibility index (Phi) is 7.20. The summed E-state index contributed by atoms with van der Waals surface area (Å²) in [5.74, 6) is 1.35. The van der Waals surface area contributed by atoms with Crippen molar-refractivity contribution >= 4 is 11.4 Å². The highest BCUT2D eigenvalue weighted by molar-refractivity contribution is 5.85. The first-order valence-electron chi connectivity index (χ1n) is 14.4. The molecule has 0 atom stereocenters. The van der Waals surface area contributed by atoms with Gasteiger partial charge in [0, 0.05) is 57.6 Å². The van der Waals surface area contributed by atoms with Gasteiger partial charge >= 0.3 is 0 Å². The average Bonchev–Trinajstić information content (AvgIpc) is 3.76. The molecule has 5 aromatic carbocycles. The van der Waals surface area contributed by atoms with Crippen LogP contribution in [-0.2, 0) is 0 Å². The number of nitro benzene ring substituents is 2. The van der Waals surface area contributed by atoms with Crippen LogP contribution in [0.25, 0.3) is 67.8 Å². The van der Waals surface area contributed by atoms with Gasteiger partial charge in [0.25, 0.3) is 11.4 Å². The predicted octanol–water partition coefficient (Wildman–Crippen LogP) is 8.95. The molecule has 2 aromatic heterocycles. The summed E-state index contributed by atoms with van der Waals surface area (Å²) in [6.45, 7) is 0. The third kappa shape index (κ3) is 5.42. The lowest BCUT2D eigenvalue weighted by molar-refractivity contribution is -0.385. The second kappa shape index (κ2) is 11.8. The van der Waals surface area contributed by atoms with Crippen molar-refractivity contribution in [3.8, 4) is 67.8 Å². The van der Waals surface area contributed by atoms with Crippen LogP contribution in [0, 0.1) is 20.2 Å². The lowest BCUT2D eigenvalue weighted by Gasteiger charge is -2.07. The van der Waals surface area contributed by atoms with E-state index in [0.29, 0.717) is 23.0 Å². The van der Waals surface area contributed by atoms with Crippen molar-refractivity contribution in [1.82, 2.24) is 19.9 Å². The number of aromatic amines is 2. The zero-order valence-electron chi connectivity index (χ0n) is 24.1. The van der Waals surface area contributed by atoms with Crippen LogP contribution < -0.4 is 0 Å². The van der Waals surface area contributed by atoms with Crippen LogP contribution in [0.4, 0.5) is 11.4 Å². The van der Waals surface area contributed by atoms with Crippen LogP contribution in [0.15, 0.2) is 133 Å². The summed E-state index contributed by atoms with van der Waals surface area (Å²) in [7, 11) is 0. The minimum Gasteiger partial charge on any atom is -0.337 e. The normalized spacial score (nSPS) is 11.0. The quantitative estimate of drug-likeness (QED) is 0.131. The molecule has 0 amide bonds. The second-order valence-corrected chi connectivity index (χ2v) is 10.5. The van der Waals surface area contributed by atoms with Crippen molar-refractivity contribution in [3.63, 3.8) is 0 Å². The molecule has 2 heterocycles. The predicted molar refractivity (Wildman–Crippen MR) is 177 cm³/mol. The summed E-state index contributed by atoms with van der Waals surface area (Å²) in [5, 5.41) is 22.5. The number of nitro groups is 2.